The Bertz CT molecular complexity index is 835. The van der Waals surface area contributed by atoms with E-state index in [2.05, 4.69) is 16.7 Å². The number of anilines is 1. The molecule has 0 atom stereocenters. The van der Waals surface area contributed by atoms with E-state index in [-0.39, 0.29) is 18.4 Å². The van der Waals surface area contributed by atoms with E-state index in [4.69, 9.17) is 9.47 Å². The van der Waals surface area contributed by atoms with Crippen molar-refractivity contribution in [3.63, 3.8) is 0 Å². The molecule has 148 valence electrons. The minimum absolute atomic E-state index is 0.113. The van der Waals surface area contributed by atoms with Crippen molar-refractivity contribution in [2.75, 3.05) is 32.2 Å². The normalized spacial score (nSPS) is 12.8. The molecule has 0 radical (unpaired) electrons. The maximum absolute atomic E-state index is 12.3. The summed E-state index contributed by atoms with van der Waals surface area (Å²) in [4.78, 5) is 24.6. The van der Waals surface area contributed by atoms with Crippen LogP contribution in [0.25, 0.3) is 0 Å². The molecule has 0 bridgehead atoms. The number of ether oxygens (including phenoxy) is 2. The number of amides is 2. The molecule has 6 heteroatoms. The summed E-state index contributed by atoms with van der Waals surface area (Å²) in [6.45, 7) is 0.715. The van der Waals surface area contributed by atoms with E-state index < -0.39 is 0 Å². The second-order valence-electron chi connectivity index (χ2n) is 6.77. The van der Waals surface area contributed by atoms with Crippen LogP contribution in [-0.2, 0) is 22.4 Å². The topological polar surface area (TPSA) is 76.7 Å². The summed E-state index contributed by atoms with van der Waals surface area (Å²) in [5, 5.41) is 5.51. The Labute approximate surface area is 165 Å². The van der Waals surface area contributed by atoms with E-state index in [1.54, 1.807) is 31.4 Å². The second kappa shape index (κ2) is 9.90. The Morgan fingerprint density at radius 2 is 1.82 bits per heavy atom. The maximum atomic E-state index is 12.3. The molecular weight excluding hydrogens is 356 g/mol. The first kappa shape index (κ1) is 19.9. The molecule has 28 heavy (non-hydrogen) atoms. The average Bonchev–Trinajstić information content (AvgIpc) is 2.72. The standard InChI is InChI=1S/C22H26N2O4/c1-27-13-12-23-22(26)19-8-4-5-9-20(19)24-21(25)15-28-18-11-10-16-6-2-3-7-17(16)14-18/h4-5,8-11,14H,2-3,6-7,12-13,15H2,1H3,(H,23,26)(H,24,25). The molecule has 0 saturated heterocycles. The zero-order chi connectivity index (χ0) is 19.8. The number of fused-ring (bicyclic) bond motifs is 1. The van der Waals surface area contributed by atoms with Crippen LogP contribution in [0, 0.1) is 0 Å². The molecule has 0 saturated carbocycles. The number of rotatable bonds is 8. The number of methoxy groups -OCH3 is 1. The molecule has 2 N–H and O–H groups in total. The van der Waals surface area contributed by atoms with Gasteiger partial charge >= 0.3 is 0 Å². The highest BCUT2D eigenvalue weighted by Gasteiger charge is 2.14. The molecule has 0 heterocycles. The largest absolute Gasteiger partial charge is 0.484 e. The average molecular weight is 382 g/mol. The van der Waals surface area contributed by atoms with E-state index in [0.29, 0.717) is 30.2 Å². The Morgan fingerprint density at radius 1 is 1.04 bits per heavy atom. The van der Waals surface area contributed by atoms with Gasteiger partial charge in [0.15, 0.2) is 6.61 Å². The van der Waals surface area contributed by atoms with Gasteiger partial charge in [-0.15, -0.1) is 0 Å². The van der Waals surface area contributed by atoms with Crippen molar-refractivity contribution < 1.29 is 19.1 Å². The first-order chi connectivity index (χ1) is 13.7. The zero-order valence-electron chi connectivity index (χ0n) is 16.1. The van der Waals surface area contributed by atoms with Crippen molar-refractivity contribution in [3.8, 4) is 5.75 Å². The van der Waals surface area contributed by atoms with Gasteiger partial charge in [-0.05, 0) is 61.1 Å². The lowest BCUT2D eigenvalue weighted by atomic mass is 9.92. The third-order valence-electron chi connectivity index (χ3n) is 4.73. The van der Waals surface area contributed by atoms with Crippen LogP contribution in [0.3, 0.4) is 0 Å². The maximum Gasteiger partial charge on any atom is 0.262 e. The molecule has 6 nitrogen and oxygen atoms in total. The second-order valence-corrected chi connectivity index (χ2v) is 6.77. The summed E-state index contributed by atoms with van der Waals surface area (Å²) in [5.74, 6) is 0.125. The minimum atomic E-state index is -0.310. The number of hydrogen-bond acceptors (Lipinski definition) is 4. The SMILES string of the molecule is COCCNC(=O)c1ccccc1NC(=O)COc1ccc2c(c1)CCCC2. The van der Waals surface area contributed by atoms with Crippen molar-refractivity contribution in [2.24, 2.45) is 0 Å². The van der Waals surface area contributed by atoms with Gasteiger partial charge in [-0.25, -0.2) is 0 Å². The molecule has 2 aromatic rings. The number of carbonyl (C=O) groups excluding carboxylic acids is 2. The quantitative estimate of drug-likeness (QED) is 0.688. The predicted octanol–water partition coefficient (Wildman–Crippen LogP) is 2.96. The van der Waals surface area contributed by atoms with E-state index in [1.165, 1.54) is 24.0 Å². The smallest absolute Gasteiger partial charge is 0.262 e. The third kappa shape index (κ3) is 5.33. The number of aryl methyl sites for hydroxylation is 2. The molecule has 0 aliphatic heterocycles. The molecule has 0 fully saturated rings. The van der Waals surface area contributed by atoms with Crippen molar-refractivity contribution in [1.82, 2.24) is 5.32 Å². The Morgan fingerprint density at radius 3 is 2.64 bits per heavy atom. The molecule has 0 spiro atoms. The molecule has 3 rings (SSSR count). The zero-order valence-corrected chi connectivity index (χ0v) is 16.1. The highest BCUT2D eigenvalue weighted by molar-refractivity contribution is 6.04. The van der Waals surface area contributed by atoms with Crippen LogP contribution in [-0.4, -0.2) is 38.7 Å². The van der Waals surface area contributed by atoms with Gasteiger partial charge in [0.1, 0.15) is 5.75 Å². The van der Waals surface area contributed by atoms with Gasteiger partial charge in [-0.3, -0.25) is 9.59 Å². The highest BCUT2D eigenvalue weighted by atomic mass is 16.5. The molecule has 1 aliphatic rings. The summed E-state index contributed by atoms with van der Waals surface area (Å²) in [6, 6.07) is 12.9. The van der Waals surface area contributed by atoms with E-state index in [9.17, 15) is 9.59 Å². The Balaban J connectivity index is 1.57. The van der Waals surface area contributed by atoms with E-state index in [1.807, 2.05) is 12.1 Å². The van der Waals surface area contributed by atoms with Crippen molar-refractivity contribution in [2.45, 2.75) is 25.7 Å². The summed E-state index contributed by atoms with van der Waals surface area (Å²) in [7, 11) is 1.57. The molecule has 1 aliphatic carbocycles. The molecule has 2 amide bonds. The van der Waals surface area contributed by atoms with Gasteiger partial charge in [0.05, 0.1) is 17.9 Å². The summed E-state index contributed by atoms with van der Waals surface area (Å²) >= 11 is 0. The Kier molecular flexibility index (Phi) is 7.03. The van der Waals surface area contributed by atoms with Gasteiger partial charge in [0.25, 0.3) is 11.8 Å². The van der Waals surface area contributed by atoms with Crippen LogP contribution in [0.5, 0.6) is 5.75 Å². The first-order valence-electron chi connectivity index (χ1n) is 9.58. The van der Waals surface area contributed by atoms with Crippen LogP contribution in [0.4, 0.5) is 5.69 Å². The fourth-order valence-electron chi connectivity index (χ4n) is 3.29. The van der Waals surface area contributed by atoms with Gasteiger partial charge < -0.3 is 20.1 Å². The number of carbonyl (C=O) groups is 2. The summed E-state index contributed by atoms with van der Waals surface area (Å²) in [5.41, 5.74) is 3.54. The van der Waals surface area contributed by atoms with Crippen LogP contribution >= 0.6 is 0 Å². The molecule has 0 unspecified atom stereocenters. The first-order valence-corrected chi connectivity index (χ1v) is 9.58. The van der Waals surface area contributed by atoms with E-state index >= 15 is 0 Å². The number of benzene rings is 2. The van der Waals surface area contributed by atoms with Crippen molar-refractivity contribution in [1.29, 1.82) is 0 Å². The third-order valence-corrected chi connectivity index (χ3v) is 4.73. The van der Waals surface area contributed by atoms with E-state index in [0.717, 1.165) is 12.8 Å². The molecule has 0 aromatic heterocycles. The highest BCUT2D eigenvalue weighted by Crippen LogP contribution is 2.25. The van der Waals surface area contributed by atoms with Crippen molar-refractivity contribution in [3.05, 3.63) is 59.2 Å². The molecule has 2 aromatic carbocycles. The molecular formula is C22H26N2O4. The predicted molar refractivity (Wildman–Crippen MR) is 108 cm³/mol. The fraction of sp³-hybridized carbons (Fsp3) is 0.364. The number of para-hydroxylation sites is 1. The number of nitrogens with one attached hydrogen (secondary N) is 2. The van der Waals surface area contributed by atoms with Crippen LogP contribution in [0.1, 0.15) is 34.3 Å². The van der Waals surface area contributed by atoms with Crippen LogP contribution in [0.15, 0.2) is 42.5 Å². The lowest BCUT2D eigenvalue weighted by Gasteiger charge is -2.17. The monoisotopic (exact) mass is 382 g/mol. The van der Waals surface area contributed by atoms with Crippen LogP contribution in [0.2, 0.25) is 0 Å². The van der Waals surface area contributed by atoms with Gasteiger partial charge in [-0.1, -0.05) is 18.2 Å². The fourth-order valence-corrected chi connectivity index (χ4v) is 3.29. The summed E-state index contributed by atoms with van der Waals surface area (Å²) < 4.78 is 10.6. The lowest BCUT2D eigenvalue weighted by Crippen LogP contribution is -2.29. The lowest BCUT2D eigenvalue weighted by molar-refractivity contribution is -0.118. The minimum Gasteiger partial charge on any atom is -0.484 e. The Hall–Kier alpha value is -2.86. The van der Waals surface area contributed by atoms with Crippen molar-refractivity contribution >= 4 is 17.5 Å². The van der Waals surface area contributed by atoms with Crippen LogP contribution < -0.4 is 15.4 Å². The van der Waals surface area contributed by atoms with Gasteiger partial charge in [-0.2, -0.15) is 0 Å². The summed E-state index contributed by atoms with van der Waals surface area (Å²) in [6.07, 6.45) is 4.60. The van der Waals surface area contributed by atoms with Gasteiger partial charge in [0, 0.05) is 13.7 Å². The number of hydrogen-bond donors (Lipinski definition) is 2. The van der Waals surface area contributed by atoms with Gasteiger partial charge in [0.2, 0.25) is 0 Å².